The van der Waals surface area contributed by atoms with Crippen LogP contribution in [0.25, 0.3) is 0 Å². The normalized spacial score (nSPS) is 10.3. The maximum Gasteiger partial charge on any atom is 0.332 e. The van der Waals surface area contributed by atoms with Gasteiger partial charge < -0.3 is 19.5 Å². The summed E-state index contributed by atoms with van der Waals surface area (Å²) in [6.07, 6.45) is 0. The third kappa shape index (κ3) is 5.90. The van der Waals surface area contributed by atoms with Gasteiger partial charge in [-0.25, -0.2) is 4.79 Å². The molecule has 5 nitrogen and oxygen atoms in total. The van der Waals surface area contributed by atoms with Gasteiger partial charge in [0.25, 0.3) is 0 Å². The third-order valence-electron chi connectivity index (χ3n) is 2.49. The van der Waals surface area contributed by atoms with Crippen LogP contribution in [0.4, 0.5) is 5.69 Å². The van der Waals surface area contributed by atoms with Crippen LogP contribution < -0.4 is 5.32 Å². The fraction of sp³-hybridized carbons (Fsp3) is 0.500. The van der Waals surface area contributed by atoms with Crippen molar-refractivity contribution in [1.29, 1.82) is 0 Å². The molecule has 1 aromatic rings. The standard InChI is InChI=1S/C14H20BrNO4/c1-3-20-14(17)10-19-8-7-16-13-6-4-5-12(15)11(13)9-18-2/h4-6,16H,3,7-10H2,1-2H3. The van der Waals surface area contributed by atoms with Gasteiger partial charge in [0.15, 0.2) is 0 Å². The molecule has 112 valence electrons. The zero-order chi connectivity index (χ0) is 14.8. The Morgan fingerprint density at radius 2 is 2.20 bits per heavy atom. The van der Waals surface area contributed by atoms with Crippen LogP contribution in [0.1, 0.15) is 12.5 Å². The lowest BCUT2D eigenvalue weighted by Gasteiger charge is -2.13. The molecule has 0 bridgehead atoms. The first kappa shape index (κ1) is 16.9. The molecule has 0 aliphatic heterocycles. The summed E-state index contributed by atoms with van der Waals surface area (Å²) in [5.41, 5.74) is 2.04. The number of methoxy groups -OCH3 is 1. The van der Waals surface area contributed by atoms with Crippen molar-refractivity contribution in [3.8, 4) is 0 Å². The van der Waals surface area contributed by atoms with E-state index >= 15 is 0 Å². The zero-order valence-corrected chi connectivity index (χ0v) is 13.4. The average molecular weight is 346 g/mol. The molecule has 0 aliphatic rings. The Bertz CT molecular complexity index is 426. The zero-order valence-electron chi connectivity index (χ0n) is 11.8. The summed E-state index contributed by atoms with van der Waals surface area (Å²) in [4.78, 5) is 11.1. The summed E-state index contributed by atoms with van der Waals surface area (Å²) < 4.78 is 16.2. The maximum absolute atomic E-state index is 11.1. The fourth-order valence-corrected chi connectivity index (χ4v) is 2.11. The molecule has 0 unspecified atom stereocenters. The molecule has 0 fully saturated rings. The first-order valence-corrected chi connectivity index (χ1v) is 7.21. The molecule has 0 aliphatic carbocycles. The first-order chi connectivity index (χ1) is 9.69. The number of benzene rings is 1. The highest BCUT2D eigenvalue weighted by atomic mass is 79.9. The van der Waals surface area contributed by atoms with Crippen LogP contribution in [-0.4, -0.2) is 39.4 Å². The highest BCUT2D eigenvalue weighted by Crippen LogP contribution is 2.25. The Hall–Kier alpha value is -1.11. The molecule has 1 aromatic carbocycles. The van der Waals surface area contributed by atoms with E-state index in [0.717, 1.165) is 15.7 Å². The molecule has 6 heteroatoms. The fourth-order valence-electron chi connectivity index (χ4n) is 1.63. The first-order valence-electron chi connectivity index (χ1n) is 6.42. The topological polar surface area (TPSA) is 56.8 Å². The van der Waals surface area contributed by atoms with Crippen LogP contribution in [0.15, 0.2) is 22.7 Å². The second-order valence-corrected chi connectivity index (χ2v) is 4.84. The second-order valence-electron chi connectivity index (χ2n) is 3.98. The minimum atomic E-state index is -0.338. The lowest BCUT2D eigenvalue weighted by atomic mass is 10.2. The number of ether oxygens (including phenoxy) is 3. The molecule has 0 heterocycles. The smallest absolute Gasteiger partial charge is 0.332 e. The molecule has 0 saturated heterocycles. The van der Waals surface area contributed by atoms with Gasteiger partial charge in [-0.1, -0.05) is 22.0 Å². The van der Waals surface area contributed by atoms with E-state index in [9.17, 15) is 4.79 Å². The van der Waals surface area contributed by atoms with E-state index in [1.54, 1.807) is 14.0 Å². The highest BCUT2D eigenvalue weighted by molar-refractivity contribution is 9.10. The number of esters is 1. The number of halogens is 1. The summed E-state index contributed by atoms with van der Waals surface area (Å²) in [7, 11) is 1.66. The predicted molar refractivity (Wildman–Crippen MR) is 80.8 cm³/mol. The van der Waals surface area contributed by atoms with Crippen molar-refractivity contribution >= 4 is 27.6 Å². The Morgan fingerprint density at radius 3 is 2.90 bits per heavy atom. The van der Waals surface area contributed by atoms with Crippen LogP contribution in [0.2, 0.25) is 0 Å². The number of rotatable bonds is 9. The molecule has 20 heavy (non-hydrogen) atoms. The average Bonchev–Trinajstić information content (AvgIpc) is 2.42. The summed E-state index contributed by atoms with van der Waals surface area (Å²) in [6.45, 7) is 3.68. The van der Waals surface area contributed by atoms with Gasteiger partial charge in [-0.15, -0.1) is 0 Å². The molecule has 0 radical (unpaired) electrons. The molecular formula is C14H20BrNO4. The Labute approximate surface area is 127 Å². The third-order valence-corrected chi connectivity index (χ3v) is 3.24. The molecule has 0 spiro atoms. The van der Waals surface area contributed by atoms with Crippen molar-refractivity contribution in [3.63, 3.8) is 0 Å². The number of carbonyl (C=O) groups excluding carboxylic acids is 1. The Morgan fingerprint density at radius 1 is 1.40 bits per heavy atom. The van der Waals surface area contributed by atoms with Gasteiger partial charge in [0.05, 0.1) is 19.8 Å². The van der Waals surface area contributed by atoms with E-state index in [-0.39, 0.29) is 12.6 Å². The van der Waals surface area contributed by atoms with Gasteiger partial charge in [0.1, 0.15) is 6.61 Å². The van der Waals surface area contributed by atoms with Crippen molar-refractivity contribution in [3.05, 3.63) is 28.2 Å². The number of hydrogen-bond acceptors (Lipinski definition) is 5. The number of nitrogens with one attached hydrogen (secondary N) is 1. The summed E-state index contributed by atoms with van der Waals surface area (Å²) >= 11 is 3.49. The minimum Gasteiger partial charge on any atom is -0.464 e. The van der Waals surface area contributed by atoms with E-state index in [1.165, 1.54) is 0 Å². The van der Waals surface area contributed by atoms with Crippen LogP contribution >= 0.6 is 15.9 Å². The maximum atomic E-state index is 11.1. The van der Waals surface area contributed by atoms with E-state index in [4.69, 9.17) is 14.2 Å². The van der Waals surface area contributed by atoms with Crippen molar-refractivity contribution in [1.82, 2.24) is 0 Å². The minimum absolute atomic E-state index is 0.0149. The largest absolute Gasteiger partial charge is 0.464 e. The lowest BCUT2D eigenvalue weighted by molar-refractivity contribution is -0.148. The quantitative estimate of drug-likeness (QED) is 0.550. The SMILES string of the molecule is CCOC(=O)COCCNc1cccc(Br)c1COC. The monoisotopic (exact) mass is 345 g/mol. The summed E-state index contributed by atoms with van der Waals surface area (Å²) in [5.74, 6) is -0.338. The van der Waals surface area contributed by atoms with E-state index < -0.39 is 0 Å². The molecule has 0 saturated carbocycles. The molecule has 0 atom stereocenters. The molecule has 1 rings (SSSR count). The molecule has 0 aromatic heterocycles. The molecule has 1 N–H and O–H groups in total. The van der Waals surface area contributed by atoms with Crippen molar-refractivity contribution in [2.75, 3.05) is 38.8 Å². The van der Waals surface area contributed by atoms with Gasteiger partial charge in [0, 0.05) is 29.4 Å². The van der Waals surface area contributed by atoms with Crippen molar-refractivity contribution in [2.45, 2.75) is 13.5 Å². The summed E-state index contributed by atoms with van der Waals surface area (Å²) in [5, 5.41) is 3.26. The van der Waals surface area contributed by atoms with Crippen LogP contribution in [0.3, 0.4) is 0 Å². The van der Waals surface area contributed by atoms with E-state index in [2.05, 4.69) is 21.2 Å². The lowest BCUT2D eigenvalue weighted by Crippen LogP contribution is -2.17. The van der Waals surface area contributed by atoms with Gasteiger partial charge in [-0.2, -0.15) is 0 Å². The highest BCUT2D eigenvalue weighted by Gasteiger charge is 2.06. The van der Waals surface area contributed by atoms with Crippen LogP contribution in [0.5, 0.6) is 0 Å². The van der Waals surface area contributed by atoms with E-state index in [1.807, 2.05) is 18.2 Å². The van der Waals surface area contributed by atoms with Crippen LogP contribution in [0, 0.1) is 0 Å². The predicted octanol–water partition coefficient (Wildman–Crippen LogP) is 2.59. The van der Waals surface area contributed by atoms with Crippen molar-refractivity contribution < 1.29 is 19.0 Å². The Kier molecular flexibility index (Phi) is 8.25. The molecule has 0 amide bonds. The number of anilines is 1. The number of hydrogen-bond donors (Lipinski definition) is 1. The van der Waals surface area contributed by atoms with Crippen molar-refractivity contribution in [2.24, 2.45) is 0 Å². The van der Waals surface area contributed by atoms with Crippen LogP contribution in [-0.2, 0) is 25.6 Å². The molecular weight excluding hydrogens is 326 g/mol. The van der Waals surface area contributed by atoms with Gasteiger partial charge >= 0.3 is 5.97 Å². The number of carbonyl (C=O) groups is 1. The van der Waals surface area contributed by atoms with Gasteiger partial charge in [-0.3, -0.25) is 0 Å². The van der Waals surface area contributed by atoms with Gasteiger partial charge in [-0.05, 0) is 19.1 Å². The summed E-state index contributed by atoms with van der Waals surface area (Å²) in [6, 6.07) is 5.90. The Balaban J connectivity index is 2.35. The van der Waals surface area contributed by atoms with E-state index in [0.29, 0.717) is 26.4 Å². The van der Waals surface area contributed by atoms with Gasteiger partial charge in [0.2, 0.25) is 0 Å². The second kappa shape index (κ2) is 9.74.